The lowest BCUT2D eigenvalue weighted by molar-refractivity contribution is -0.385. The lowest BCUT2D eigenvalue weighted by Gasteiger charge is -2.29. The fraction of sp³-hybridized carbons (Fsp3) is 0.538. The highest BCUT2D eigenvalue weighted by atomic mass is 16.6. The van der Waals surface area contributed by atoms with Gasteiger partial charge in [0.1, 0.15) is 11.9 Å². The molecule has 0 N–H and O–H groups in total. The maximum Gasteiger partial charge on any atom is 0.305 e. The highest BCUT2D eigenvalue weighted by molar-refractivity contribution is 5.52. The van der Waals surface area contributed by atoms with Gasteiger partial charge in [-0.1, -0.05) is 0 Å². The lowest BCUT2D eigenvalue weighted by atomic mass is 10.2. The first kappa shape index (κ1) is 15.9. The van der Waals surface area contributed by atoms with E-state index in [-0.39, 0.29) is 17.4 Å². The van der Waals surface area contributed by atoms with Gasteiger partial charge in [0.15, 0.2) is 0 Å². The summed E-state index contributed by atoms with van der Waals surface area (Å²) in [6, 6.07) is 4.91. The Hall–Kier alpha value is -2.20. The third kappa shape index (κ3) is 3.90. The summed E-state index contributed by atoms with van der Waals surface area (Å²) in [4.78, 5) is 18.4. The van der Waals surface area contributed by atoms with Crippen molar-refractivity contribution in [2.75, 3.05) is 32.1 Å². The number of aromatic nitrogens is 1. The average molecular weight is 277 g/mol. The SMILES string of the molecule is CC(C)N(CCN(C)C)c1ccc([N+](=O)[O-])c(C#N)n1. The molecule has 7 nitrogen and oxygen atoms in total. The summed E-state index contributed by atoms with van der Waals surface area (Å²) in [5.41, 5.74) is -0.407. The molecule has 1 aromatic heterocycles. The van der Waals surface area contributed by atoms with Crippen LogP contribution in [0.4, 0.5) is 11.5 Å². The summed E-state index contributed by atoms with van der Waals surface area (Å²) in [5.74, 6) is 0.587. The van der Waals surface area contributed by atoms with Gasteiger partial charge in [-0.3, -0.25) is 10.1 Å². The Balaban J connectivity index is 3.09. The lowest BCUT2D eigenvalue weighted by Crippen LogP contribution is -2.37. The molecule has 0 spiro atoms. The van der Waals surface area contributed by atoms with Crippen LogP contribution in [0.25, 0.3) is 0 Å². The molecule has 0 aliphatic carbocycles. The predicted molar refractivity (Wildman–Crippen MR) is 76.6 cm³/mol. The summed E-state index contributed by atoms with van der Waals surface area (Å²) < 4.78 is 0. The Bertz CT molecular complexity index is 522. The van der Waals surface area contributed by atoms with E-state index in [0.29, 0.717) is 5.82 Å². The quantitative estimate of drug-likeness (QED) is 0.580. The molecule has 1 rings (SSSR count). The molecule has 0 radical (unpaired) electrons. The third-order valence-corrected chi connectivity index (χ3v) is 2.87. The molecule has 108 valence electrons. The molecule has 0 saturated carbocycles. The number of rotatable bonds is 6. The molecule has 0 aromatic carbocycles. The van der Waals surface area contributed by atoms with E-state index < -0.39 is 4.92 Å². The van der Waals surface area contributed by atoms with E-state index in [1.165, 1.54) is 6.07 Å². The number of nitriles is 1. The first-order chi connectivity index (χ1) is 9.36. The predicted octanol–water partition coefficient (Wildman–Crippen LogP) is 1.64. The van der Waals surface area contributed by atoms with Gasteiger partial charge in [0.2, 0.25) is 5.69 Å². The molecule has 20 heavy (non-hydrogen) atoms. The van der Waals surface area contributed by atoms with E-state index in [1.54, 1.807) is 12.1 Å². The van der Waals surface area contributed by atoms with Gasteiger partial charge in [-0.2, -0.15) is 5.26 Å². The van der Waals surface area contributed by atoms with E-state index in [2.05, 4.69) is 4.98 Å². The third-order valence-electron chi connectivity index (χ3n) is 2.87. The van der Waals surface area contributed by atoms with Crippen molar-refractivity contribution in [3.63, 3.8) is 0 Å². The number of nitrogens with zero attached hydrogens (tertiary/aromatic N) is 5. The van der Waals surface area contributed by atoms with Crippen molar-refractivity contribution in [3.05, 3.63) is 27.9 Å². The summed E-state index contributed by atoms with van der Waals surface area (Å²) in [5, 5.41) is 19.8. The first-order valence-electron chi connectivity index (χ1n) is 6.33. The van der Waals surface area contributed by atoms with Crippen LogP contribution < -0.4 is 4.90 Å². The second kappa shape index (κ2) is 6.82. The second-order valence-corrected chi connectivity index (χ2v) is 5.00. The standard InChI is InChI=1S/C13H19N5O2/c1-10(2)17(8-7-16(3)4)13-6-5-12(18(19)20)11(9-14)15-13/h5-6,10H,7-8H2,1-4H3. The normalized spacial score (nSPS) is 10.7. The fourth-order valence-electron chi connectivity index (χ4n) is 1.78. The highest BCUT2D eigenvalue weighted by Crippen LogP contribution is 2.21. The molecule has 1 aromatic rings. The van der Waals surface area contributed by atoms with Crippen molar-refractivity contribution >= 4 is 11.5 Å². The van der Waals surface area contributed by atoms with E-state index in [1.807, 2.05) is 37.7 Å². The molecule has 0 atom stereocenters. The van der Waals surface area contributed by atoms with Crippen LogP contribution in [0, 0.1) is 21.4 Å². The number of likely N-dealkylation sites (N-methyl/N-ethyl adjacent to an activating group) is 1. The smallest absolute Gasteiger partial charge is 0.305 e. The molecule has 0 saturated heterocycles. The minimum absolute atomic E-state index is 0.150. The molecular formula is C13H19N5O2. The Kier molecular flexibility index (Phi) is 5.41. The number of hydrogen-bond acceptors (Lipinski definition) is 6. The van der Waals surface area contributed by atoms with Crippen molar-refractivity contribution in [2.24, 2.45) is 0 Å². The summed E-state index contributed by atoms with van der Waals surface area (Å²) in [6.07, 6.45) is 0. The molecule has 7 heteroatoms. The number of hydrogen-bond donors (Lipinski definition) is 0. The Morgan fingerprint density at radius 3 is 2.50 bits per heavy atom. The minimum atomic E-state index is -0.588. The summed E-state index contributed by atoms with van der Waals surface area (Å²) in [7, 11) is 3.95. The number of pyridine rings is 1. The molecule has 1 heterocycles. The molecule has 0 bridgehead atoms. The largest absolute Gasteiger partial charge is 0.353 e. The maximum atomic E-state index is 10.8. The zero-order valence-electron chi connectivity index (χ0n) is 12.2. The van der Waals surface area contributed by atoms with Gasteiger partial charge >= 0.3 is 5.69 Å². The van der Waals surface area contributed by atoms with Crippen LogP contribution in [-0.2, 0) is 0 Å². The Labute approximate surface area is 118 Å². The molecule has 0 unspecified atom stereocenters. The molecule has 0 aliphatic rings. The second-order valence-electron chi connectivity index (χ2n) is 5.00. The highest BCUT2D eigenvalue weighted by Gasteiger charge is 2.19. The minimum Gasteiger partial charge on any atom is -0.353 e. The summed E-state index contributed by atoms with van der Waals surface area (Å²) >= 11 is 0. The van der Waals surface area contributed by atoms with Crippen LogP contribution in [0.15, 0.2) is 12.1 Å². The van der Waals surface area contributed by atoms with Crippen LogP contribution in [0.3, 0.4) is 0 Å². The van der Waals surface area contributed by atoms with Crippen LogP contribution in [0.1, 0.15) is 19.5 Å². The molecular weight excluding hydrogens is 258 g/mol. The van der Waals surface area contributed by atoms with Gasteiger partial charge in [0, 0.05) is 25.2 Å². The molecule has 0 fully saturated rings. The van der Waals surface area contributed by atoms with Crippen LogP contribution in [0.2, 0.25) is 0 Å². The van der Waals surface area contributed by atoms with E-state index in [4.69, 9.17) is 5.26 Å². The van der Waals surface area contributed by atoms with Crippen LogP contribution >= 0.6 is 0 Å². The Morgan fingerprint density at radius 1 is 1.40 bits per heavy atom. The zero-order chi connectivity index (χ0) is 15.3. The van der Waals surface area contributed by atoms with Gasteiger partial charge in [-0.05, 0) is 34.0 Å². The van der Waals surface area contributed by atoms with Crippen molar-refractivity contribution < 1.29 is 4.92 Å². The topological polar surface area (TPSA) is 86.3 Å². The number of anilines is 1. The van der Waals surface area contributed by atoms with E-state index >= 15 is 0 Å². The van der Waals surface area contributed by atoms with Gasteiger partial charge in [-0.25, -0.2) is 4.98 Å². The Morgan fingerprint density at radius 2 is 2.05 bits per heavy atom. The first-order valence-corrected chi connectivity index (χ1v) is 6.33. The van der Waals surface area contributed by atoms with Gasteiger partial charge < -0.3 is 9.80 Å². The average Bonchev–Trinajstić information content (AvgIpc) is 2.37. The summed E-state index contributed by atoms with van der Waals surface area (Å²) in [6.45, 7) is 5.61. The van der Waals surface area contributed by atoms with Gasteiger partial charge in [0.25, 0.3) is 0 Å². The zero-order valence-corrected chi connectivity index (χ0v) is 12.2. The molecule has 0 amide bonds. The van der Waals surface area contributed by atoms with Crippen molar-refractivity contribution in [3.8, 4) is 6.07 Å². The fourth-order valence-corrected chi connectivity index (χ4v) is 1.78. The monoisotopic (exact) mass is 277 g/mol. The molecule has 0 aliphatic heterocycles. The van der Waals surface area contributed by atoms with Gasteiger partial charge in [-0.15, -0.1) is 0 Å². The van der Waals surface area contributed by atoms with E-state index in [0.717, 1.165) is 13.1 Å². The van der Waals surface area contributed by atoms with Gasteiger partial charge in [0.05, 0.1) is 4.92 Å². The maximum absolute atomic E-state index is 10.8. The van der Waals surface area contributed by atoms with Crippen LogP contribution in [0.5, 0.6) is 0 Å². The van der Waals surface area contributed by atoms with Crippen molar-refractivity contribution in [1.82, 2.24) is 9.88 Å². The number of nitro groups is 1. The van der Waals surface area contributed by atoms with Crippen molar-refractivity contribution in [2.45, 2.75) is 19.9 Å². The van der Waals surface area contributed by atoms with E-state index in [9.17, 15) is 10.1 Å². The van der Waals surface area contributed by atoms with Crippen molar-refractivity contribution in [1.29, 1.82) is 5.26 Å². The van der Waals surface area contributed by atoms with Crippen LogP contribution in [-0.4, -0.2) is 48.0 Å².